The molecule has 7 heterocycles. The van der Waals surface area contributed by atoms with Crippen molar-refractivity contribution in [3.63, 3.8) is 0 Å². The normalized spacial score (nSPS) is 15.6. The Labute approximate surface area is 784 Å². The number of esters is 3. The van der Waals surface area contributed by atoms with Crippen LogP contribution in [0.5, 0.6) is 17.6 Å². The second-order valence-electron chi connectivity index (χ2n) is 32.7. The van der Waals surface area contributed by atoms with E-state index in [-0.39, 0.29) is 83.7 Å². The fourth-order valence-electron chi connectivity index (χ4n) is 16.3. The molecule has 3 N–H and O–H groups in total. The summed E-state index contributed by atoms with van der Waals surface area (Å²) in [5, 5.41) is 61.5. The van der Waals surface area contributed by atoms with E-state index in [9.17, 15) is 69.3 Å². The number of fused-ring (bicyclic) bond motifs is 3. The second-order valence-corrected chi connectivity index (χ2v) is 49.3. The SMILES string of the molecule is C.ClP(Cl)(Cl)(Cl)Cl.O=C(Cc1ccc([N+](=O)[O-])cc1C(=O)O)OCCCN1CCC(Cc2ccccc2)CC1.O=C1Cc2ccc([N+](=O)[O-])cc2C(=O)O1.O=c1oc(OCCCN2CCC(Cc3ccccc3)CC2)cc2ccc(O)cc12.O=c1oc(OCCCN2CCC(Cc3ccccc3)CC2)cc2ccc([N+](=O)[O-])cc12.OCCCN1CCC(Cc2ccccc2)CC1. The Morgan fingerprint density at radius 3 is 1.19 bits per heavy atom. The zero-order valence-electron chi connectivity index (χ0n) is 72.1. The maximum Gasteiger partial charge on any atom is 0.346 e. The predicted octanol–water partition coefficient (Wildman–Crippen LogP) is 20.5. The Morgan fingerprint density at radius 2 is 0.802 bits per heavy atom. The largest absolute Gasteiger partial charge is 0.508 e. The van der Waals surface area contributed by atoms with Gasteiger partial charge in [0.15, 0.2) is 0 Å². The molecule has 0 radical (unpaired) electrons. The first-order chi connectivity index (χ1) is 62.4. The minimum absolute atomic E-state index is 0. The van der Waals surface area contributed by atoms with Crippen LogP contribution < -0.4 is 20.7 Å². The van der Waals surface area contributed by atoms with E-state index in [1.54, 1.807) is 24.3 Å². The van der Waals surface area contributed by atoms with Gasteiger partial charge in [0.2, 0.25) is 0 Å². The third-order valence-corrected chi connectivity index (χ3v) is 23.1. The van der Waals surface area contributed by atoms with Crippen LogP contribution in [0.3, 0.4) is 0 Å². The number of aromatic hydroxyl groups is 1. The summed E-state index contributed by atoms with van der Waals surface area (Å²) in [5.74, 6) is 0.184. The summed E-state index contributed by atoms with van der Waals surface area (Å²) in [7, 11) is 0. The molecule has 4 fully saturated rings. The fraction of sp³-hybridized carbons (Fsp3) is 0.402. The number of benzene rings is 8. The quantitative estimate of drug-likeness (QED) is 0.00907. The number of likely N-dealkylation sites (tertiary alicyclic amines) is 4. The van der Waals surface area contributed by atoms with Crippen molar-refractivity contribution in [1.29, 1.82) is 0 Å². The van der Waals surface area contributed by atoms with Crippen molar-refractivity contribution in [2.75, 3.05) is 105 Å². The number of phenols is 1. The summed E-state index contributed by atoms with van der Waals surface area (Å²) in [4.78, 5) is 110. The van der Waals surface area contributed by atoms with Crippen molar-refractivity contribution in [3.05, 3.63) is 302 Å². The Morgan fingerprint density at radius 1 is 0.450 bits per heavy atom. The first-order valence-electron chi connectivity index (χ1n) is 43.6. The molecule has 34 heteroatoms. The zero-order chi connectivity index (χ0) is 93.0. The number of nitro groups is 3. The van der Waals surface area contributed by atoms with Crippen LogP contribution in [0.2, 0.25) is 0 Å². The topological polar surface area (TPSA) is 369 Å². The first-order valence-corrected chi connectivity index (χ1v) is 50.3. The molecular weight excluding hydrogens is 1810 g/mol. The Bertz CT molecular complexity index is 5460. The van der Waals surface area contributed by atoms with Crippen LogP contribution >= 0.6 is 59.6 Å². The van der Waals surface area contributed by atoms with Crippen LogP contribution in [-0.2, 0) is 57.6 Å². The van der Waals surface area contributed by atoms with Gasteiger partial charge in [0.25, 0.3) is 29.0 Å². The Balaban J connectivity index is 0.000000185. The van der Waals surface area contributed by atoms with Crippen LogP contribution in [0.15, 0.2) is 225 Å². The summed E-state index contributed by atoms with van der Waals surface area (Å²) in [6.07, 6.45) is 17.6. The van der Waals surface area contributed by atoms with Crippen LogP contribution in [-0.4, -0.2) is 179 Å². The number of aromatic carboxylic acids is 1. The van der Waals surface area contributed by atoms with Gasteiger partial charge in [0.1, 0.15) is 5.75 Å². The molecule has 0 saturated carbocycles. The number of aliphatic hydroxyl groups excluding tert-OH is 1. The standard InChI is InChI=1S/C24H28N2O6.C24H26N2O5.C24H27NO4.C15H23NO.C9H5NO5.CH4.Cl5P/c27-23(16-20-7-8-21(26(30)31)17-22(20)24(28)29)32-14-4-11-25-12-9-19(10-13-25)15-18-5-2-1-3-6-18;27-24-22-17-21(26(28)29)8-7-20(22)16-23(31-24)30-14-4-11-25-12-9-19(10-13-25)15-18-5-2-1-3-6-18;26-21-8-7-20-16-23(29-24(27)22(20)17-21)28-14-4-11-25-12-9-19(10-13-25)15-18-5-2-1-3-6-18;17-12-4-9-16-10-7-15(8-11-16)13-14-5-2-1-3-6-14;11-8-3-5-1-2-6(10(13)14)4-7(5)9(12)15-8;;1-6(2,3,4)5/h1-3,5-8,17,19H,4,9-16H2,(H,28,29);1-3,5-8,16-17,19H,4,9-15H2;1-3,5-8,16-17,19,26H,4,9-15H2;1-3,5-6,15,17H,4,7-13H2;1-2,4H,3H2;1H4;. The van der Waals surface area contributed by atoms with Gasteiger partial charge in [-0.3, -0.25) is 39.9 Å². The van der Waals surface area contributed by atoms with Gasteiger partial charge < -0.3 is 62.7 Å². The molecule has 5 aliphatic rings. The number of carboxylic acid groups (broad SMARTS) is 1. The van der Waals surface area contributed by atoms with Crippen molar-refractivity contribution in [2.45, 2.75) is 123 Å². The van der Waals surface area contributed by atoms with Gasteiger partial charge in [0.05, 0.1) is 69.3 Å². The third-order valence-electron chi connectivity index (χ3n) is 23.1. The fourth-order valence-corrected chi connectivity index (χ4v) is 16.3. The number of phenolic OH excluding ortho intramolecular Hbond substituents is 1. The number of piperidine rings is 4. The maximum absolute atomic E-state index is 12.1. The summed E-state index contributed by atoms with van der Waals surface area (Å²) >= 11 is 24.9. The molecule has 4 saturated heterocycles. The average Bonchev–Trinajstić information content (AvgIpc) is 0.791. The molecule has 5 aliphatic heterocycles. The molecule has 0 bridgehead atoms. The van der Waals surface area contributed by atoms with Gasteiger partial charge in [0, 0.05) is 81.3 Å². The van der Waals surface area contributed by atoms with Crippen molar-refractivity contribution >= 4 is 122 Å². The molecule has 28 nitrogen and oxygen atoms in total. The molecule has 702 valence electrons. The number of non-ortho nitro benzene ring substituents is 3. The molecule has 0 unspecified atom stereocenters. The van der Waals surface area contributed by atoms with Gasteiger partial charge in [-0.2, -0.15) is 0 Å². The van der Waals surface area contributed by atoms with E-state index >= 15 is 0 Å². The van der Waals surface area contributed by atoms with Crippen LogP contribution in [0.1, 0.15) is 139 Å². The average molecular weight is 1920 g/mol. The molecule has 15 rings (SSSR count). The zero-order valence-corrected chi connectivity index (χ0v) is 76.8. The second kappa shape index (κ2) is 52.7. The molecule has 0 aliphatic carbocycles. The maximum atomic E-state index is 12.1. The number of nitrogens with zero attached hydrogens (tertiary/aromatic N) is 7. The van der Waals surface area contributed by atoms with Crippen molar-refractivity contribution < 1.29 is 77.0 Å². The molecule has 8 aromatic carbocycles. The number of hydrogen-bond acceptors (Lipinski definition) is 24. The number of aliphatic hydroxyl groups is 1. The number of carbonyl (C=O) groups is 4. The number of rotatable bonds is 31. The van der Waals surface area contributed by atoms with Gasteiger partial charge in [-0.1, -0.05) is 147 Å². The van der Waals surface area contributed by atoms with E-state index in [0.717, 1.165) is 140 Å². The van der Waals surface area contributed by atoms with E-state index < -0.39 is 53.3 Å². The number of carbonyl (C=O) groups excluding carboxylic acids is 3. The first kappa shape index (κ1) is 104. The van der Waals surface area contributed by atoms with Crippen molar-refractivity contribution in [2.24, 2.45) is 23.7 Å². The van der Waals surface area contributed by atoms with Crippen molar-refractivity contribution in [1.82, 2.24) is 19.6 Å². The van der Waals surface area contributed by atoms with Crippen LogP contribution in [0, 0.1) is 54.0 Å². The summed E-state index contributed by atoms with van der Waals surface area (Å²) in [5.41, 5.74) is 4.43. The number of nitro benzene ring substituents is 3. The molecule has 0 spiro atoms. The Hall–Kier alpha value is -10.5. The third kappa shape index (κ3) is 37.3. The number of cyclic esters (lactones) is 2. The number of halogens is 5. The minimum Gasteiger partial charge on any atom is -0.508 e. The summed E-state index contributed by atoms with van der Waals surface area (Å²) < 4.78 is 27.6. The minimum atomic E-state index is -3.69. The van der Waals surface area contributed by atoms with E-state index in [2.05, 4.69) is 140 Å². The van der Waals surface area contributed by atoms with Crippen LogP contribution in [0.4, 0.5) is 17.1 Å². The predicted molar refractivity (Wildman–Crippen MR) is 512 cm³/mol. The molecule has 0 amide bonds. The monoisotopic (exact) mass is 1920 g/mol. The smallest absolute Gasteiger partial charge is 0.346 e. The number of carboxylic acids is 1. The van der Waals surface area contributed by atoms with Crippen molar-refractivity contribution in [3.8, 4) is 17.6 Å². The molecular formula is C97H113Cl5N7O21P. The summed E-state index contributed by atoms with van der Waals surface area (Å²) in [6.45, 7) is 14.3. The molecule has 2 aromatic heterocycles. The Kier molecular flexibility index (Phi) is 41.9. The van der Waals surface area contributed by atoms with E-state index in [0.29, 0.717) is 53.9 Å². The van der Waals surface area contributed by atoms with Gasteiger partial charge in [-0.25, -0.2) is 19.2 Å². The van der Waals surface area contributed by atoms with Crippen LogP contribution in [0.25, 0.3) is 21.5 Å². The molecule has 131 heavy (non-hydrogen) atoms. The molecule has 0 atom stereocenters. The van der Waals surface area contributed by atoms with E-state index in [1.165, 1.54) is 135 Å². The number of ether oxygens (including phenoxy) is 4. The summed E-state index contributed by atoms with van der Waals surface area (Å²) in [6, 6.07) is 62.1. The molecule has 10 aromatic rings. The van der Waals surface area contributed by atoms with E-state index in [4.69, 9.17) is 84.4 Å². The van der Waals surface area contributed by atoms with Gasteiger partial charge in [-0.05, 0) is 241 Å². The van der Waals surface area contributed by atoms with Gasteiger partial charge >= 0.3 is 94.7 Å². The van der Waals surface area contributed by atoms with Gasteiger partial charge in [-0.15, -0.1) is 0 Å². The van der Waals surface area contributed by atoms with E-state index in [1.807, 2.05) is 6.07 Å². The number of hydrogen-bond donors (Lipinski definition) is 3.